The smallest absolute Gasteiger partial charge is 0.269 e. The van der Waals surface area contributed by atoms with E-state index in [9.17, 15) is 0 Å². The predicted octanol–water partition coefficient (Wildman–Crippen LogP) is 19.3. The fourth-order valence-corrected chi connectivity index (χ4v) is 12.4. The Morgan fingerprint density at radius 2 is 0.926 bits per heavy atom. The van der Waals surface area contributed by atoms with Crippen LogP contribution in [0.4, 0.5) is 0 Å². The van der Waals surface area contributed by atoms with E-state index >= 15 is 0 Å². The number of ether oxygens (including phenoxy) is 1. The molecule has 0 aliphatic carbocycles. The summed E-state index contributed by atoms with van der Waals surface area (Å²) in [6, 6.07) is 96.2. The first-order valence-corrected chi connectivity index (χ1v) is 27.8. The van der Waals surface area contributed by atoms with Crippen LogP contribution < -0.4 is 9.30 Å². The van der Waals surface area contributed by atoms with Gasteiger partial charge in [-0.15, -0.1) is 0 Å². The van der Waals surface area contributed by atoms with E-state index in [1.54, 1.807) is 0 Å². The summed E-state index contributed by atoms with van der Waals surface area (Å²) in [7, 11) is 0. The van der Waals surface area contributed by atoms with E-state index in [0.717, 1.165) is 128 Å². The largest absolute Gasteiger partial charge is 0.458 e. The van der Waals surface area contributed by atoms with Crippen LogP contribution in [0, 0.1) is 6.33 Å². The lowest BCUT2D eigenvalue weighted by atomic mass is 9.85. The minimum Gasteiger partial charge on any atom is -0.458 e. The van der Waals surface area contributed by atoms with E-state index in [-0.39, 0.29) is 5.41 Å². The van der Waals surface area contributed by atoms with E-state index in [0.29, 0.717) is 5.75 Å². The van der Waals surface area contributed by atoms with Gasteiger partial charge in [-0.25, -0.2) is 4.98 Å². The zero-order chi connectivity index (χ0) is 54.2. The van der Waals surface area contributed by atoms with Crippen molar-refractivity contribution in [1.82, 2.24) is 14.1 Å². The number of rotatable bonds is 8. The standard InChI is InChI=1S/C76H54N4O/c1-76(2,3)53-44-45-77-71(46-53)80-69-39-18-17-34-64(69)65-41-40-56(48-70(65)80)81-55-29-19-28-54(47-55)78-49-79-73-59(52-26-11-6-12-27-52)37-21-38-66(73)62-32-15-13-30-60(62)61-31-14-16-33-63(61)67-42-43-68(75(78)74(67)79)72-57(50-22-7-4-8-23-50)35-20-36-58(72)51-24-9-5-10-25-51/h4-48H,1-3H3. The molecule has 1 aliphatic rings. The van der Waals surface area contributed by atoms with Crippen LogP contribution in [0.1, 0.15) is 26.3 Å². The van der Waals surface area contributed by atoms with Gasteiger partial charge in [-0.1, -0.05) is 233 Å². The van der Waals surface area contributed by atoms with Crippen molar-refractivity contribution in [2.45, 2.75) is 26.2 Å². The first-order chi connectivity index (χ1) is 39.8. The maximum absolute atomic E-state index is 7.07. The minimum atomic E-state index is -0.0474. The Morgan fingerprint density at radius 3 is 1.59 bits per heavy atom. The number of fused-ring (bicyclic) bond motifs is 10. The fraction of sp³-hybridized carbons (Fsp3) is 0.0526. The molecule has 15 rings (SSSR count). The highest BCUT2D eigenvalue weighted by atomic mass is 16.5. The third-order valence-corrected chi connectivity index (χ3v) is 16.2. The first-order valence-electron chi connectivity index (χ1n) is 27.8. The van der Waals surface area contributed by atoms with Gasteiger partial charge in [-0.2, -0.15) is 0 Å². The fourth-order valence-electron chi connectivity index (χ4n) is 12.4. The molecule has 81 heavy (non-hydrogen) atoms. The molecule has 0 atom stereocenters. The maximum Gasteiger partial charge on any atom is 0.269 e. The quantitative estimate of drug-likeness (QED) is 0.112. The summed E-state index contributed by atoms with van der Waals surface area (Å²) in [4.78, 5) is 4.96. The Morgan fingerprint density at radius 1 is 0.407 bits per heavy atom. The Balaban J connectivity index is 1.02. The Labute approximate surface area is 471 Å². The van der Waals surface area contributed by atoms with Gasteiger partial charge < -0.3 is 4.74 Å². The molecule has 0 spiro atoms. The summed E-state index contributed by atoms with van der Waals surface area (Å²) in [5, 5.41) is 2.30. The van der Waals surface area contributed by atoms with Gasteiger partial charge in [0.2, 0.25) is 0 Å². The van der Waals surface area contributed by atoms with Crippen LogP contribution in [-0.4, -0.2) is 14.1 Å². The Hall–Kier alpha value is -10.4. The Kier molecular flexibility index (Phi) is 11.3. The van der Waals surface area contributed by atoms with E-state index in [1.807, 2.05) is 6.20 Å². The van der Waals surface area contributed by atoms with Crippen molar-refractivity contribution in [2.75, 3.05) is 0 Å². The van der Waals surface area contributed by atoms with E-state index in [4.69, 9.17) is 9.72 Å². The average molecular weight is 1040 g/mol. The van der Waals surface area contributed by atoms with Gasteiger partial charge in [0.25, 0.3) is 6.33 Å². The number of para-hydroxylation sites is 2. The topological polar surface area (TPSA) is 35.9 Å². The van der Waals surface area contributed by atoms with Crippen LogP contribution in [0.25, 0.3) is 128 Å². The zero-order valence-electron chi connectivity index (χ0n) is 45.2. The summed E-state index contributed by atoms with van der Waals surface area (Å²) >= 11 is 0. The lowest BCUT2D eigenvalue weighted by molar-refractivity contribution is -0.570. The van der Waals surface area contributed by atoms with Crippen molar-refractivity contribution in [3.63, 3.8) is 0 Å². The number of pyridine rings is 1. The summed E-state index contributed by atoms with van der Waals surface area (Å²) in [6.45, 7) is 6.73. The molecular formula is C76H54N4O. The molecule has 0 fully saturated rings. The SMILES string of the molecule is CC(C)(C)c1ccnc(-n2c3ccccc3c3ccc(Oc4cccc(-n5[c-][n+]6c7c(ccc(-c8c(-c9ccccc9)cccc8-c8ccccc8)c75)-c5ccccc5-c5ccccc5-c5cccc(-c7ccccc7)c5-6)c4)cc32)c1. The van der Waals surface area contributed by atoms with Crippen molar-refractivity contribution in [3.05, 3.63) is 285 Å². The van der Waals surface area contributed by atoms with Gasteiger partial charge in [0.15, 0.2) is 0 Å². The van der Waals surface area contributed by atoms with Crippen molar-refractivity contribution in [1.29, 1.82) is 0 Å². The summed E-state index contributed by atoms with van der Waals surface area (Å²) in [5.74, 6) is 2.29. The molecule has 14 aromatic rings. The second-order valence-electron chi connectivity index (χ2n) is 22.0. The third-order valence-electron chi connectivity index (χ3n) is 16.2. The van der Waals surface area contributed by atoms with Crippen LogP contribution in [0.3, 0.4) is 0 Å². The van der Waals surface area contributed by atoms with Gasteiger partial charge >= 0.3 is 0 Å². The highest BCUT2D eigenvalue weighted by Gasteiger charge is 2.30. The van der Waals surface area contributed by atoms with Gasteiger partial charge in [0.05, 0.1) is 33.4 Å². The molecule has 0 unspecified atom stereocenters. The van der Waals surface area contributed by atoms with E-state index in [1.165, 1.54) is 11.1 Å². The molecule has 3 aromatic heterocycles. The minimum absolute atomic E-state index is 0.0474. The highest BCUT2D eigenvalue weighted by Crippen LogP contribution is 2.49. The van der Waals surface area contributed by atoms with Crippen LogP contribution in [0.5, 0.6) is 11.5 Å². The number of imidazole rings is 1. The van der Waals surface area contributed by atoms with Crippen molar-refractivity contribution in [3.8, 4) is 107 Å². The maximum atomic E-state index is 7.07. The zero-order valence-corrected chi connectivity index (χ0v) is 45.2. The molecule has 5 nitrogen and oxygen atoms in total. The lowest BCUT2D eigenvalue weighted by Crippen LogP contribution is -2.32. The first kappa shape index (κ1) is 47.8. The predicted molar refractivity (Wildman–Crippen MR) is 333 cm³/mol. The summed E-state index contributed by atoms with van der Waals surface area (Å²) in [6.07, 6.45) is 6.06. The van der Waals surface area contributed by atoms with Crippen LogP contribution in [0.15, 0.2) is 273 Å². The lowest BCUT2D eigenvalue weighted by Gasteiger charge is -2.20. The second kappa shape index (κ2) is 19.2. The normalized spacial score (nSPS) is 11.9. The number of aromatic nitrogens is 4. The average Bonchev–Trinajstić information content (AvgIpc) is 4.15. The molecule has 11 aromatic carbocycles. The number of hydrogen-bond donors (Lipinski definition) is 0. The van der Waals surface area contributed by atoms with Crippen molar-refractivity contribution < 1.29 is 9.30 Å². The van der Waals surface area contributed by atoms with Gasteiger partial charge in [-0.3, -0.25) is 13.7 Å². The van der Waals surface area contributed by atoms with Crippen molar-refractivity contribution in [2.24, 2.45) is 0 Å². The molecule has 5 heteroatoms. The molecule has 0 saturated carbocycles. The van der Waals surface area contributed by atoms with Crippen LogP contribution in [0.2, 0.25) is 0 Å². The highest BCUT2D eigenvalue weighted by molar-refractivity contribution is 6.11. The second-order valence-corrected chi connectivity index (χ2v) is 22.0. The van der Waals surface area contributed by atoms with Crippen molar-refractivity contribution >= 4 is 32.8 Å². The number of nitrogens with zero attached hydrogens (tertiary/aromatic N) is 4. The molecule has 0 N–H and O–H groups in total. The molecule has 4 heterocycles. The molecule has 0 saturated heterocycles. The number of hydrogen-bond acceptors (Lipinski definition) is 2. The van der Waals surface area contributed by atoms with Gasteiger partial charge in [0.1, 0.15) is 17.3 Å². The molecule has 0 bridgehead atoms. The molecule has 0 radical (unpaired) electrons. The third kappa shape index (κ3) is 8.07. The molecule has 1 aliphatic heterocycles. The summed E-state index contributed by atoms with van der Waals surface area (Å²) in [5.41, 5.74) is 23.1. The van der Waals surface area contributed by atoms with Gasteiger partial charge in [0, 0.05) is 23.0 Å². The summed E-state index contributed by atoms with van der Waals surface area (Å²) < 4.78 is 14.0. The Bertz CT molecular complexity index is 4700. The monoisotopic (exact) mass is 1040 g/mol. The van der Waals surface area contributed by atoms with E-state index < -0.39 is 0 Å². The molecule has 384 valence electrons. The van der Waals surface area contributed by atoms with E-state index in [2.05, 4.69) is 308 Å². The molecule has 0 amide bonds. The van der Waals surface area contributed by atoms with Gasteiger partial charge in [-0.05, 0) is 137 Å². The molecular weight excluding hydrogens is 985 g/mol. The van der Waals surface area contributed by atoms with Crippen LogP contribution in [-0.2, 0) is 5.41 Å². The van der Waals surface area contributed by atoms with Crippen LogP contribution >= 0.6 is 0 Å². The number of benzene rings is 11.